The molecule has 0 aliphatic carbocycles. The summed E-state index contributed by atoms with van der Waals surface area (Å²) in [4.78, 5) is 20.0. The van der Waals surface area contributed by atoms with Crippen LogP contribution in [0, 0.1) is 0 Å². The molecule has 0 aliphatic heterocycles. The van der Waals surface area contributed by atoms with Crippen LogP contribution in [0.4, 0.5) is 5.82 Å². The fraction of sp³-hybridized carbons (Fsp3) is 0.154. The van der Waals surface area contributed by atoms with E-state index in [1.807, 2.05) is 24.3 Å². The van der Waals surface area contributed by atoms with E-state index in [0.29, 0.717) is 18.1 Å². The molecule has 0 saturated heterocycles. The van der Waals surface area contributed by atoms with Gasteiger partial charge in [-0.25, -0.2) is 4.98 Å². The maximum atomic E-state index is 11.9. The van der Waals surface area contributed by atoms with Gasteiger partial charge in [-0.3, -0.25) is 9.78 Å². The third kappa shape index (κ3) is 3.51. The standard InChI is InChI=1S/C13H13BrN4O/c1-15-12-8-16-7-11(18-12)13(19)17-6-9-4-2-3-5-10(9)14/h2-5,7-8H,6H2,1H3,(H,15,18)(H,17,19). The van der Waals surface area contributed by atoms with E-state index in [0.717, 1.165) is 10.0 Å². The van der Waals surface area contributed by atoms with Crippen molar-refractivity contribution in [3.05, 3.63) is 52.4 Å². The minimum atomic E-state index is -0.250. The summed E-state index contributed by atoms with van der Waals surface area (Å²) in [5, 5.41) is 5.65. The number of hydrogen-bond donors (Lipinski definition) is 2. The maximum Gasteiger partial charge on any atom is 0.271 e. The molecule has 2 N–H and O–H groups in total. The van der Waals surface area contributed by atoms with Crippen LogP contribution >= 0.6 is 15.9 Å². The van der Waals surface area contributed by atoms with Gasteiger partial charge in [-0.05, 0) is 11.6 Å². The molecule has 1 aromatic heterocycles. The van der Waals surface area contributed by atoms with Crippen LogP contribution in [-0.4, -0.2) is 22.9 Å². The van der Waals surface area contributed by atoms with Gasteiger partial charge in [0.25, 0.3) is 5.91 Å². The number of benzene rings is 1. The average Bonchev–Trinajstić information content (AvgIpc) is 2.46. The third-order valence-corrected chi connectivity index (χ3v) is 3.29. The second kappa shape index (κ2) is 6.29. The summed E-state index contributed by atoms with van der Waals surface area (Å²) in [6.07, 6.45) is 3.00. The lowest BCUT2D eigenvalue weighted by atomic mass is 10.2. The first kappa shape index (κ1) is 13.5. The number of amides is 1. The van der Waals surface area contributed by atoms with E-state index in [9.17, 15) is 4.79 Å². The summed E-state index contributed by atoms with van der Waals surface area (Å²) in [7, 11) is 1.73. The largest absolute Gasteiger partial charge is 0.372 e. The molecule has 19 heavy (non-hydrogen) atoms. The molecule has 98 valence electrons. The van der Waals surface area contributed by atoms with Crippen molar-refractivity contribution in [2.45, 2.75) is 6.54 Å². The Morgan fingerprint density at radius 1 is 1.32 bits per heavy atom. The van der Waals surface area contributed by atoms with E-state index in [-0.39, 0.29) is 5.91 Å². The predicted octanol–water partition coefficient (Wildman–Crippen LogP) is 2.21. The lowest BCUT2D eigenvalue weighted by Gasteiger charge is -2.07. The Balaban J connectivity index is 2.03. The molecule has 1 heterocycles. The highest BCUT2D eigenvalue weighted by Crippen LogP contribution is 2.15. The average molecular weight is 321 g/mol. The second-order valence-corrected chi connectivity index (χ2v) is 4.67. The van der Waals surface area contributed by atoms with Crippen molar-refractivity contribution in [2.75, 3.05) is 12.4 Å². The first-order valence-corrected chi connectivity index (χ1v) is 6.51. The van der Waals surface area contributed by atoms with Crippen LogP contribution in [0.1, 0.15) is 16.1 Å². The maximum absolute atomic E-state index is 11.9. The van der Waals surface area contributed by atoms with Gasteiger partial charge >= 0.3 is 0 Å². The minimum absolute atomic E-state index is 0.250. The number of hydrogen-bond acceptors (Lipinski definition) is 4. The van der Waals surface area contributed by atoms with Gasteiger partial charge in [0.1, 0.15) is 11.5 Å². The van der Waals surface area contributed by atoms with Crippen LogP contribution in [-0.2, 0) is 6.54 Å². The monoisotopic (exact) mass is 320 g/mol. The quantitative estimate of drug-likeness (QED) is 0.906. The second-order valence-electron chi connectivity index (χ2n) is 3.81. The van der Waals surface area contributed by atoms with Gasteiger partial charge in [0.05, 0.1) is 12.4 Å². The lowest BCUT2D eigenvalue weighted by molar-refractivity contribution is 0.0945. The molecule has 1 amide bonds. The lowest BCUT2D eigenvalue weighted by Crippen LogP contribution is -2.24. The first-order chi connectivity index (χ1) is 9.20. The summed E-state index contributed by atoms with van der Waals surface area (Å²) in [5.74, 6) is 0.314. The first-order valence-electron chi connectivity index (χ1n) is 5.72. The smallest absolute Gasteiger partial charge is 0.271 e. The van der Waals surface area contributed by atoms with Crippen LogP contribution in [0.15, 0.2) is 41.1 Å². The molecule has 0 atom stereocenters. The normalized spacial score (nSPS) is 10.0. The molecule has 0 radical (unpaired) electrons. The fourth-order valence-corrected chi connectivity index (χ4v) is 1.93. The van der Waals surface area contributed by atoms with Crippen LogP contribution in [0.25, 0.3) is 0 Å². The highest BCUT2D eigenvalue weighted by molar-refractivity contribution is 9.10. The highest BCUT2D eigenvalue weighted by atomic mass is 79.9. The molecule has 0 bridgehead atoms. The zero-order valence-corrected chi connectivity index (χ0v) is 11.9. The summed E-state index contributed by atoms with van der Waals surface area (Å²) in [5.41, 5.74) is 1.30. The van der Waals surface area contributed by atoms with Gasteiger partial charge in [-0.15, -0.1) is 0 Å². The molecule has 5 nitrogen and oxygen atoms in total. The fourth-order valence-electron chi connectivity index (χ4n) is 1.50. The van der Waals surface area contributed by atoms with E-state index >= 15 is 0 Å². The van der Waals surface area contributed by atoms with Crippen molar-refractivity contribution in [1.29, 1.82) is 0 Å². The molecular formula is C13H13BrN4O. The summed E-state index contributed by atoms with van der Waals surface area (Å²) in [6.45, 7) is 0.436. The number of nitrogens with zero attached hydrogens (tertiary/aromatic N) is 2. The number of carbonyl (C=O) groups excluding carboxylic acids is 1. The Morgan fingerprint density at radius 2 is 2.11 bits per heavy atom. The summed E-state index contributed by atoms with van der Waals surface area (Å²) >= 11 is 3.44. The number of rotatable bonds is 4. The van der Waals surface area contributed by atoms with E-state index < -0.39 is 0 Å². The van der Waals surface area contributed by atoms with Crippen molar-refractivity contribution in [1.82, 2.24) is 15.3 Å². The van der Waals surface area contributed by atoms with Crippen LogP contribution in [0.2, 0.25) is 0 Å². The Bertz CT molecular complexity index is 588. The van der Waals surface area contributed by atoms with Crippen molar-refractivity contribution in [2.24, 2.45) is 0 Å². The number of anilines is 1. The van der Waals surface area contributed by atoms with Crippen molar-refractivity contribution < 1.29 is 4.79 Å². The van der Waals surface area contributed by atoms with E-state index in [1.54, 1.807) is 13.2 Å². The number of carbonyl (C=O) groups is 1. The van der Waals surface area contributed by atoms with Gasteiger partial charge in [0.15, 0.2) is 0 Å². The molecule has 2 rings (SSSR count). The van der Waals surface area contributed by atoms with Crippen LogP contribution < -0.4 is 10.6 Å². The third-order valence-electron chi connectivity index (χ3n) is 2.52. The van der Waals surface area contributed by atoms with Crippen LogP contribution in [0.5, 0.6) is 0 Å². The SMILES string of the molecule is CNc1cncc(C(=O)NCc2ccccc2Br)n1. The molecular weight excluding hydrogens is 308 g/mol. The number of aromatic nitrogens is 2. The van der Waals surface area contributed by atoms with Crippen molar-refractivity contribution in [3.63, 3.8) is 0 Å². The van der Waals surface area contributed by atoms with Crippen molar-refractivity contribution in [3.8, 4) is 0 Å². The van der Waals surface area contributed by atoms with E-state index in [1.165, 1.54) is 6.20 Å². The van der Waals surface area contributed by atoms with Gasteiger partial charge in [0, 0.05) is 18.1 Å². The highest BCUT2D eigenvalue weighted by Gasteiger charge is 2.08. The topological polar surface area (TPSA) is 66.9 Å². The molecule has 2 aromatic rings. The minimum Gasteiger partial charge on any atom is -0.372 e. The van der Waals surface area contributed by atoms with E-state index in [4.69, 9.17) is 0 Å². The van der Waals surface area contributed by atoms with Crippen LogP contribution in [0.3, 0.4) is 0 Å². The predicted molar refractivity (Wildman–Crippen MR) is 76.9 cm³/mol. The van der Waals surface area contributed by atoms with Gasteiger partial charge in [-0.1, -0.05) is 34.1 Å². The zero-order chi connectivity index (χ0) is 13.7. The Kier molecular flexibility index (Phi) is 4.46. The molecule has 0 unspecified atom stereocenters. The molecule has 1 aromatic carbocycles. The Labute approximate surface area is 119 Å². The Morgan fingerprint density at radius 3 is 2.84 bits per heavy atom. The van der Waals surface area contributed by atoms with Gasteiger partial charge in [-0.2, -0.15) is 0 Å². The molecule has 0 fully saturated rings. The molecule has 6 heteroatoms. The molecule has 0 aliphatic rings. The zero-order valence-electron chi connectivity index (χ0n) is 10.4. The Hall–Kier alpha value is -1.95. The molecule has 0 saturated carbocycles. The summed E-state index contributed by atoms with van der Waals surface area (Å²) < 4.78 is 0.963. The van der Waals surface area contributed by atoms with E-state index in [2.05, 4.69) is 36.5 Å². The number of nitrogens with one attached hydrogen (secondary N) is 2. The van der Waals surface area contributed by atoms with Crippen molar-refractivity contribution >= 4 is 27.7 Å². The number of halogens is 1. The van der Waals surface area contributed by atoms with Gasteiger partial charge < -0.3 is 10.6 Å². The summed E-state index contributed by atoms with van der Waals surface area (Å²) in [6, 6.07) is 7.73. The van der Waals surface area contributed by atoms with Gasteiger partial charge in [0.2, 0.25) is 0 Å². The molecule has 0 spiro atoms.